The van der Waals surface area contributed by atoms with Gasteiger partial charge in [-0.1, -0.05) is 24.3 Å². The number of fused-ring (bicyclic) bond motifs is 2. The molecule has 25 heavy (non-hydrogen) atoms. The van der Waals surface area contributed by atoms with Crippen LogP contribution < -0.4 is 14.2 Å². The Kier molecular flexibility index (Phi) is 4.22. The first-order valence-corrected chi connectivity index (χ1v) is 8.62. The van der Waals surface area contributed by atoms with Crippen LogP contribution in [-0.4, -0.2) is 30.8 Å². The van der Waals surface area contributed by atoms with E-state index in [2.05, 4.69) is 0 Å². The van der Waals surface area contributed by atoms with Gasteiger partial charge in [-0.3, -0.25) is 4.79 Å². The summed E-state index contributed by atoms with van der Waals surface area (Å²) in [5.41, 5.74) is 2.14. The number of hydrogen-bond acceptors (Lipinski definition) is 4. The van der Waals surface area contributed by atoms with Gasteiger partial charge >= 0.3 is 0 Å². The summed E-state index contributed by atoms with van der Waals surface area (Å²) in [4.78, 5) is 14.8. The summed E-state index contributed by atoms with van der Waals surface area (Å²) in [6, 6.07) is 13.8. The van der Waals surface area contributed by atoms with Gasteiger partial charge in [0.2, 0.25) is 12.7 Å². The standard InChI is InChI=1S/C20H21NO4/c1-2-21(11-14-7-8-18-19(9-14)25-13-24-18)20(22)16-10-15-5-3-4-6-17(15)23-12-16/h3-9,16H,2,10-13H2,1H3/t16-/m1/s1. The summed E-state index contributed by atoms with van der Waals surface area (Å²) >= 11 is 0. The number of benzene rings is 2. The van der Waals surface area contributed by atoms with Crippen LogP contribution in [0.1, 0.15) is 18.1 Å². The largest absolute Gasteiger partial charge is 0.492 e. The molecule has 0 saturated heterocycles. The number of nitrogens with zero attached hydrogens (tertiary/aromatic N) is 1. The third-order valence-corrected chi connectivity index (χ3v) is 4.73. The van der Waals surface area contributed by atoms with Crippen LogP contribution in [0.15, 0.2) is 42.5 Å². The van der Waals surface area contributed by atoms with Gasteiger partial charge in [0.1, 0.15) is 12.4 Å². The molecule has 2 heterocycles. The molecule has 0 aromatic heterocycles. The van der Waals surface area contributed by atoms with Crippen molar-refractivity contribution in [2.75, 3.05) is 19.9 Å². The molecule has 5 nitrogen and oxygen atoms in total. The molecule has 1 atom stereocenters. The van der Waals surface area contributed by atoms with Crippen molar-refractivity contribution in [1.82, 2.24) is 4.90 Å². The van der Waals surface area contributed by atoms with E-state index in [0.29, 0.717) is 19.7 Å². The highest BCUT2D eigenvalue weighted by molar-refractivity contribution is 5.79. The van der Waals surface area contributed by atoms with Crippen LogP contribution >= 0.6 is 0 Å². The van der Waals surface area contributed by atoms with Crippen LogP contribution in [0.3, 0.4) is 0 Å². The maximum Gasteiger partial charge on any atom is 0.231 e. The molecule has 0 fully saturated rings. The van der Waals surface area contributed by atoms with Crippen molar-refractivity contribution >= 4 is 5.91 Å². The normalized spacial score (nSPS) is 17.6. The van der Waals surface area contributed by atoms with E-state index in [-0.39, 0.29) is 18.6 Å². The Hall–Kier alpha value is -2.69. The SMILES string of the molecule is CCN(Cc1ccc2c(c1)OCO2)C(=O)[C@H]1COc2ccccc2C1. The lowest BCUT2D eigenvalue weighted by atomic mass is 9.95. The molecule has 0 spiro atoms. The zero-order valence-corrected chi connectivity index (χ0v) is 14.2. The van der Waals surface area contributed by atoms with Crippen molar-refractivity contribution < 1.29 is 19.0 Å². The minimum Gasteiger partial charge on any atom is -0.492 e. The molecule has 1 amide bonds. The molecular formula is C20H21NO4. The lowest BCUT2D eigenvalue weighted by Crippen LogP contribution is -2.40. The van der Waals surface area contributed by atoms with Gasteiger partial charge in [-0.2, -0.15) is 0 Å². The van der Waals surface area contributed by atoms with E-state index < -0.39 is 0 Å². The lowest BCUT2D eigenvalue weighted by Gasteiger charge is -2.30. The van der Waals surface area contributed by atoms with E-state index in [0.717, 1.165) is 34.8 Å². The van der Waals surface area contributed by atoms with E-state index in [9.17, 15) is 4.79 Å². The van der Waals surface area contributed by atoms with Gasteiger partial charge in [-0.15, -0.1) is 0 Å². The number of ether oxygens (including phenoxy) is 3. The summed E-state index contributed by atoms with van der Waals surface area (Å²) in [6.45, 7) is 3.92. The first kappa shape index (κ1) is 15.8. The van der Waals surface area contributed by atoms with Crippen LogP contribution in [0.4, 0.5) is 0 Å². The maximum atomic E-state index is 13.0. The van der Waals surface area contributed by atoms with E-state index in [1.807, 2.05) is 54.3 Å². The molecule has 0 radical (unpaired) electrons. The van der Waals surface area contributed by atoms with Crippen molar-refractivity contribution in [3.8, 4) is 17.2 Å². The highest BCUT2D eigenvalue weighted by Gasteiger charge is 2.29. The van der Waals surface area contributed by atoms with Gasteiger partial charge < -0.3 is 19.1 Å². The number of rotatable bonds is 4. The predicted molar refractivity (Wildman–Crippen MR) is 92.8 cm³/mol. The maximum absolute atomic E-state index is 13.0. The summed E-state index contributed by atoms with van der Waals surface area (Å²) in [6.07, 6.45) is 0.729. The molecule has 2 aromatic carbocycles. The first-order chi connectivity index (χ1) is 12.2. The van der Waals surface area contributed by atoms with E-state index in [4.69, 9.17) is 14.2 Å². The van der Waals surface area contributed by atoms with Gasteiger partial charge in [0, 0.05) is 13.1 Å². The van der Waals surface area contributed by atoms with E-state index in [1.165, 1.54) is 0 Å². The van der Waals surface area contributed by atoms with Crippen molar-refractivity contribution in [3.05, 3.63) is 53.6 Å². The number of hydrogen-bond donors (Lipinski definition) is 0. The Morgan fingerprint density at radius 1 is 1.08 bits per heavy atom. The average Bonchev–Trinajstić information content (AvgIpc) is 3.13. The molecule has 2 aliphatic rings. The minimum atomic E-state index is -0.135. The number of carbonyl (C=O) groups is 1. The molecule has 2 aliphatic heterocycles. The molecular weight excluding hydrogens is 318 g/mol. The molecule has 0 bridgehead atoms. The highest BCUT2D eigenvalue weighted by atomic mass is 16.7. The fraction of sp³-hybridized carbons (Fsp3) is 0.350. The van der Waals surface area contributed by atoms with E-state index >= 15 is 0 Å². The van der Waals surface area contributed by atoms with Crippen LogP contribution in [0.5, 0.6) is 17.2 Å². The summed E-state index contributed by atoms with van der Waals surface area (Å²) in [5, 5.41) is 0. The lowest BCUT2D eigenvalue weighted by molar-refractivity contribution is -0.137. The predicted octanol–water partition coefficient (Wildman–Crippen LogP) is 3.02. The van der Waals surface area contributed by atoms with Crippen molar-refractivity contribution in [3.63, 3.8) is 0 Å². The molecule has 130 valence electrons. The van der Waals surface area contributed by atoms with Gasteiger partial charge in [0.15, 0.2) is 11.5 Å². The van der Waals surface area contributed by atoms with Gasteiger partial charge in [-0.25, -0.2) is 0 Å². The van der Waals surface area contributed by atoms with E-state index in [1.54, 1.807) is 0 Å². The van der Waals surface area contributed by atoms with Crippen molar-refractivity contribution in [1.29, 1.82) is 0 Å². The summed E-state index contributed by atoms with van der Waals surface area (Å²) in [7, 11) is 0. The number of para-hydroxylation sites is 1. The molecule has 0 unspecified atom stereocenters. The zero-order valence-electron chi connectivity index (χ0n) is 14.2. The van der Waals surface area contributed by atoms with Crippen LogP contribution in [0.25, 0.3) is 0 Å². The smallest absolute Gasteiger partial charge is 0.231 e. The Morgan fingerprint density at radius 2 is 1.92 bits per heavy atom. The Labute approximate surface area is 147 Å². The second-order valence-corrected chi connectivity index (χ2v) is 6.36. The fourth-order valence-corrected chi connectivity index (χ4v) is 3.35. The van der Waals surface area contributed by atoms with Crippen LogP contribution in [-0.2, 0) is 17.8 Å². The molecule has 0 saturated carbocycles. The first-order valence-electron chi connectivity index (χ1n) is 8.62. The topological polar surface area (TPSA) is 48.0 Å². The molecule has 4 rings (SSSR count). The number of carbonyl (C=O) groups excluding carboxylic acids is 1. The molecule has 0 N–H and O–H groups in total. The number of amides is 1. The van der Waals surface area contributed by atoms with Gasteiger partial charge in [0.25, 0.3) is 0 Å². The quantitative estimate of drug-likeness (QED) is 0.859. The van der Waals surface area contributed by atoms with Crippen LogP contribution in [0.2, 0.25) is 0 Å². The van der Waals surface area contributed by atoms with Crippen molar-refractivity contribution in [2.24, 2.45) is 5.92 Å². The average molecular weight is 339 g/mol. The molecule has 0 aliphatic carbocycles. The Bertz CT molecular complexity index is 789. The summed E-state index contributed by atoms with van der Waals surface area (Å²) < 4.78 is 16.5. The monoisotopic (exact) mass is 339 g/mol. The van der Waals surface area contributed by atoms with Crippen LogP contribution in [0, 0.1) is 5.92 Å². The highest BCUT2D eigenvalue weighted by Crippen LogP contribution is 2.33. The van der Waals surface area contributed by atoms with Crippen molar-refractivity contribution in [2.45, 2.75) is 19.9 Å². The van der Waals surface area contributed by atoms with Gasteiger partial charge in [0.05, 0.1) is 5.92 Å². The third-order valence-electron chi connectivity index (χ3n) is 4.73. The fourth-order valence-electron chi connectivity index (χ4n) is 3.35. The van der Waals surface area contributed by atoms with Gasteiger partial charge in [-0.05, 0) is 42.7 Å². The third kappa shape index (κ3) is 3.14. The zero-order chi connectivity index (χ0) is 17.2. The molecule has 5 heteroatoms. The second kappa shape index (κ2) is 6.67. The second-order valence-electron chi connectivity index (χ2n) is 6.36. The summed E-state index contributed by atoms with van der Waals surface area (Å²) in [5.74, 6) is 2.40. The minimum absolute atomic E-state index is 0.134. The molecule has 2 aromatic rings. The Balaban J connectivity index is 1.47. The Morgan fingerprint density at radius 3 is 2.80 bits per heavy atom.